The maximum absolute atomic E-state index is 11.4. The molecule has 2 aromatic carbocycles. The summed E-state index contributed by atoms with van der Waals surface area (Å²) in [4.78, 5) is 20.3. The van der Waals surface area contributed by atoms with Crippen molar-refractivity contribution in [2.45, 2.75) is 6.61 Å². The van der Waals surface area contributed by atoms with Crippen molar-refractivity contribution in [2.75, 3.05) is 0 Å². The molecule has 0 spiro atoms. The summed E-state index contributed by atoms with van der Waals surface area (Å²) in [6, 6.07) is 12.1. The van der Waals surface area contributed by atoms with Gasteiger partial charge >= 0.3 is 0 Å². The zero-order valence-corrected chi connectivity index (χ0v) is 11.5. The van der Waals surface area contributed by atoms with Gasteiger partial charge in [-0.3, -0.25) is 15.0 Å². The predicted octanol–water partition coefficient (Wildman–Crippen LogP) is 1.91. The van der Waals surface area contributed by atoms with Crippen LogP contribution in [-0.2, 0) is 6.61 Å². The van der Waals surface area contributed by atoms with Gasteiger partial charge in [-0.2, -0.15) is 0 Å². The Hall–Kier alpha value is -2.83. The minimum atomic E-state index is -0.596. The smallest absolute Gasteiger partial charge is 0.274 e. The maximum atomic E-state index is 11.4. The normalized spacial score (nSPS) is 10.6. The average Bonchev–Trinajstić information content (AvgIpc) is 2.60. The van der Waals surface area contributed by atoms with Crippen molar-refractivity contribution in [3.63, 3.8) is 0 Å². The number of aliphatic hydroxyl groups excluding tert-OH is 1. The molecule has 1 heterocycles. The van der Waals surface area contributed by atoms with Crippen molar-refractivity contribution < 1.29 is 15.1 Å². The topological polar surface area (TPSA) is 95.3 Å². The van der Waals surface area contributed by atoms with Crippen LogP contribution in [0.15, 0.2) is 48.7 Å². The predicted molar refractivity (Wildman–Crippen MR) is 80.1 cm³/mol. The van der Waals surface area contributed by atoms with Gasteiger partial charge in [0.1, 0.15) is 0 Å². The molecule has 0 aliphatic carbocycles. The van der Waals surface area contributed by atoms with Gasteiger partial charge in [0.15, 0.2) is 0 Å². The van der Waals surface area contributed by atoms with Gasteiger partial charge in [0, 0.05) is 11.1 Å². The summed E-state index contributed by atoms with van der Waals surface area (Å²) in [5.74, 6) is -0.596. The molecule has 0 saturated heterocycles. The van der Waals surface area contributed by atoms with E-state index >= 15 is 0 Å². The Labute approximate surface area is 126 Å². The molecule has 0 radical (unpaired) electrons. The van der Waals surface area contributed by atoms with E-state index in [2.05, 4.69) is 9.97 Å². The van der Waals surface area contributed by atoms with E-state index in [0.717, 1.165) is 11.1 Å². The standard InChI is InChI=1S/C16H13N3O3/c20-9-10-1-3-11(4-2-10)15-8-17-13-6-5-12(16(21)19-22)7-14(13)18-15/h1-8,20,22H,9H2,(H,19,21). The monoisotopic (exact) mass is 295 g/mol. The maximum Gasteiger partial charge on any atom is 0.274 e. The third-order valence-corrected chi connectivity index (χ3v) is 3.34. The molecule has 3 N–H and O–H groups in total. The van der Waals surface area contributed by atoms with E-state index in [1.807, 2.05) is 24.3 Å². The first kappa shape index (κ1) is 14.1. The summed E-state index contributed by atoms with van der Waals surface area (Å²) < 4.78 is 0. The molecule has 3 rings (SSSR count). The molecular weight excluding hydrogens is 282 g/mol. The summed E-state index contributed by atoms with van der Waals surface area (Å²) in [6.45, 7) is -0.0106. The van der Waals surface area contributed by atoms with Gasteiger partial charge in [-0.05, 0) is 23.8 Å². The largest absolute Gasteiger partial charge is 0.392 e. The summed E-state index contributed by atoms with van der Waals surface area (Å²) >= 11 is 0. The van der Waals surface area contributed by atoms with Crippen LogP contribution >= 0.6 is 0 Å². The second kappa shape index (κ2) is 5.88. The van der Waals surface area contributed by atoms with Crippen LogP contribution in [0.5, 0.6) is 0 Å². The van der Waals surface area contributed by atoms with E-state index in [9.17, 15) is 4.79 Å². The number of aliphatic hydroxyl groups is 1. The molecule has 6 nitrogen and oxygen atoms in total. The third-order valence-electron chi connectivity index (χ3n) is 3.34. The van der Waals surface area contributed by atoms with Crippen molar-refractivity contribution in [2.24, 2.45) is 0 Å². The van der Waals surface area contributed by atoms with Crippen LogP contribution in [0.2, 0.25) is 0 Å². The highest BCUT2D eigenvalue weighted by Gasteiger charge is 2.08. The lowest BCUT2D eigenvalue weighted by Crippen LogP contribution is -2.18. The molecule has 0 atom stereocenters. The summed E-state index contributed by atoms with van der Waals surface area (Å²) in [6.07, 6.45) is 1.65. The lowest BCUT2D eigenvalue weighted by Gasteiger charge is -2.05. The Bertz CT molecular complexity index is 832. The molecule has 0 fully saturated rings. The van der Waals surface area contributed by atoms with Crippen LogP contribution in [0.25, 0.3) is 22.3 Å². The number of benzene rings is 2. The molecule has 0 aliphatic heterocycles. The first-order valence-electron chi connectivity index (χ1n) is 6.62. The Morgan fingerprint density at radius 1 is 1.09 bits per heavy atom. The molecule has 3 aromatic rings. The first-order valence-corrected chi connectivity index (χ1v) is 6.62. The molecule has 1 aromatic heterocycles. The van der Waals surface area contributed by atoms with E-state index < -0.39 is 5.91 Å². The van der Waals surface area contributed by atoms with Gasteiger partial charge in [0.25, 0.3) is 5.91 Å². The van der Waals surface area contributed by atoms with Gasteiger partial charge in [0.2, 0.25) is 0 Å². The van der Waals surface area contributed by atoms with Gasteiger partial charge < -0.3 is 5.11 Å². The van der Waals surface area contributed by atoms with E-state index in [4.69, 9.17) is 10.3 Å². The fourth-order valence-electron chi connectivity index (χ4n) is 2.14. The van der Waals surface area contributed by atoms with Crippen molar-refractivity contribution in [1.82, 2.24) is 15.4 Å². The number of nitrogens with zero attached hydrogens (tertiary/aromatic N) is 2. The van der Waals surface area contributed by atoms with Gasteiger partial charge in [-0.1, -0.05) is 24.3 Å². The van der Waals surface area contributed by atoms with Crippen molar-refractivity contribution in [1.29, 1.82) is 0 Å². The molecule has 110 valence electrons. The first-order chi connectivity index (χ1) is 10.7. The molecule has 0 aliphatic rings. The minimum absolute atomic E-state index is 0.0106. The summed E-state index contributed by atoms with van der Waals surface area (Å²) in [5.41, 5.74) is 5.46. The van der Waals surface area contributed by atoms with Crippen LogP contribution in [0.3, 0.4) is 0 Å². The molecule has 22 heavy (non-hydrogen) atoms. The van der Waals surface area contributed by atoms with Gasteiger partial charge in [-0.25, -0.2) is 10.5 Å². The fraction of sp³-hybridized carbons (Fsp3) is 0.0625. The number of aromatic nitrogens is 2. The molecule has 0 bridgehead atoms. The van der Waals surface area contributed by atoms with Crippen LogP contribution < -0.4 is 5.48 Å². The van der Waals surface area contributed by atoms with Crippen molar-refractivity contribution >= 4 is 16.9 Å². The molecular formula is C16H13N3O3. The second-order valence-electron chi connectivity index (χ2n) is 4.75. The molecule has 0 saturated carbocycles. The quantitative estimate of drug-likeness (QED) is 0.507. The van der Waals surface area contributed by atoms with Crippen LogP contribution in [0.1, 0.15) is 15.9 Å². The van der Waals surface area contributed by atoms with Crippen molar-refractivity contribution in [3.05, 3.63) is 59.8 Å². The highest BCUT2D eigenvalue weighted by atomic mass is 16.5. The van der Waals surface area contributed by atoms with Crippen molar-refractivity contribution in [3.8, 4) is 11.3 Å². The number of hydroxylamine groups is 1. The van der Waals surface area contributed by atoms with E-state index in [-0.39, 0.29) is 6.61 Å². The summed E-state index contributed by atoms with van der Waals surface area (Å²) in [7, 11) is 0. The third kappa shape index (κ3) is 2.65. The van der Waals surface area contributed by atoms with E-state index in [1.54, 1.807) is 29.9 Å². The Morgan fingerprint density at radius 3 is 2.55 bits per heavy atom. The Balaban J connectivity index is 2.05. The van der Waals surface area contributed by atoms with Crippen LogP contribution in [0.4, 0.5) is 0 Å². The fourth-order valence-corrected chi connectivity index (χ4v) is 2.14. The van der Waals surface area contributed by atoms with Crippen LogP contribution in [0, 0.1) is 0 Å². The second-order valence-corrected chi connectivity index (χ2v) is 4.75. The number of amides is 1. The minimum Gasteiger partial charge on any atom is -0.392 e. The zero-order valence-electron chi connectivity index (χ0n) is 11.5. The number of fused-ring (bicyclic) bond motifs is 1. The number of rotatable bonds is 3. The van der Waals surface area contributed by atoms with Crippen LogP contribution in [-0.4, -0.2) is 26.2 Å². The molecule has 1 amide bonds. The van der Waals surface area contributed by atoms with Gasteiger partial charge in [0.05, 0.1) is 29.5 Å². The molecule has 6 heteroatoms. The Morgan fingerprint density at radius 2 is 1.86 bits per heavy atom. The van der Waals surface area contributed by atoms with E-state index in [1.165, 1.54) is 0 Å². The van der Waals surface area contributed by atoms with Gasteiger partial charge in [-0.15, -0.1) is 0 Å². The zero-order chi connectivity index (χ0) is 15.5. The highest BCUT2D eigenvalue weighted by molar-refractivity contribution is 5.96. The lowest BCUT2D eigenvalue weighted by molar-refractivity contribution is 0.0706. The number of nitrogens with one attached hydrogen (secondary N) is 1. The number of hydrogen-bond acceptors (Lipinski definition) is 5. The summed E-state index contributed by atoms with van der Waals surface area (Å²) in [5, 5.41) is 17.7. The average molecular weight is 295 g/mol. The highest BCUT2D eigenvalue weighted by Crippen LogP contribution is 2.20. The number of carbonyl (C=O) groups is 1. The molecule has 0 unspecified atom stereocenters. The number of carbonyl (C=O) groups excluding carboxylic acids is 1. The Kier molecular flexibility index (Phi) is 3.78. The number of hydrogen-bond donors (Lipinski definition) is 3. The van der Waals surface area contributed by atoms with E-state index in [0.29, 0.717) is 22.3 Å². The SMILES string of the molecule is O=C(NO)c1ccc2ncc(-c3ccc(CO)cc3)nc2c1. The lowest BCUT2D eigenvalue weighted by atomic mass is 10.1.